The van der Waals surface area contributed by atoms with Gasteiger partial charge in [0.05, 0.1) is 0 Å². The molecule has 1 heterocycles. The molecule has 2 rings (SSSR count). The van der Waals surface area contributed by atoms with Crippen molar-refractivity contribution in [2.75, 3.05) is 19.6 Å². The van der Waals surface area contributed by atoms with Gasteiger partial charge in [-0.25, -0.2) is 0 Å². The Bertz CT molecular complexity index is 378. The summed E-state index contributed by atoms with van der Waals surface area (Å²) in [5.74, 6) is 0. The predicted molar refractivity (Wildman–Crippen MR) is 78.8 cm³/mol. The zero-order chi connectivity index (χ0) is 13.2. The molecule has 0 unspecified atom stereocenters. The normalized spacial score (nSPS) is 24.8. The number of benzene rings is 1. The molecule has 0 amide bonds. The van der Waals surface area contributed by atoms with Crippen LogP contribution in [-0.2, 0) is 0 Å². The van der Waals surface area contributed by atoms with Crippen LogP contribution in [0.15, 0.2) is 30.3 Å². The Hall–Kier alpha value is -0.263. The molecule has 1 N–H and O–H groups in total. The Balaban J connectivity index is 0.00000180. The fourth-order valence-electron chi connectivity index (χ4n) is 2.66. The number of piperazine rings is 1. The maximum absolute atomic E-state index is 3.66. The van der Waals surface area contributed by atoms with Gasteiger partial charge in [0.2, 0.25) is 0 Å². The molecule has 1 aliphatic heterocycles. The van der Waals surface area contributed by atoms with Crippen molar-refractivity contribution in [3.05, 3.63) is 35.9 Å². The van der Waals surface area contributed by atoms with E-state index < -0.39 is 0 Å². The van der Waals surface area contributed by atoms with E-state index in [9.17, 15) is 0 Å². The van der Waals surface area contributed by atoms with Gasteiger partial charge in [0.1, 0.15) is 0 Å². The summed E-state index contributed by atoms with van der Waals surface area (Å²) in [6.07, 6.45) is 0. The number of nitrogens with zero attached hydrogens (tertiary/aromatic N) is 1. The Morgan fingerprint density at radius 2 is 1.89 bits per heavy atom. The van der Waals surface area contributed by atoms with Gasteiger partial charge in [-0.1, -0.05) is 51.1 Å². The molecule has 0 radical (unpaired) electrons. The van der Waals surface area contributed by atoms with Crippen molar-refractivity contribution in [3.63, 3.8) is 0 Å². The second kappa shape index (κ2) is 6.95. The van der Waals surface area contributed by atoms with E-state index >= 15 is 0 Å². The summed E-state index contributed by atoms with van der Waals surface area (Å²) in [5, 5.41) is 3.66. The molecule has 3 heteroatoms. The van der Waals surface area contributed by atoms with Gasteiger partial charge in [0.15, 0.2) is 0 Å². The van der Waals surface area contributed by atoms with Gasteiger partial charge in [-0.15, -0.1) is 0 Å². The molecule has 1 fully saturated rings. The second-order valence-electron chi connectivity index (χ2n) is 6.71. The van der Waals surface area contributed by atoms with Crippen LogP contribution in [0.5, 0.6) is 0 Å². The molecule has 102 valence electrons. The van der Waals surface area contributed by atoms with Crippen LogP contribution in [0, 0.1) is 5.41 Å². The van der Waals surface area contributed by atoms with Crippen molar-refractivity contribution in [2.45, 2.75) is 39.8 Å². The van der Waals surface area contributed by atoms with Gasteiger partial charge in [0.25, 0.3) is 0 Å². The minimum atomic E-state index is 0. The Kier molecular flexibility index (Phi) is 6.14. The van der Waals surface area contributed by atoms with Crippen LogP contribution in [0.1, 0.15) is 40.7 Å². The molecular formula is C16H27LiN2. The molecule has 1 aliphatic rings. The molecule has 1 aromatic carbocycles. The minimum absolute atomic E-state index is 0. The molecule has 0 aromatic heterocycles. The molecule has 0 aliphatic carbocycles. The molecule has 0 spiro atoms. The summed E-state index contributed by atoms with van der Waals surface area (Å²) in [4.78, 5) is 2.62. The van der Waals surface area contributed by atoms with E-state index in [2.05, 4.69) is 68.2 Å². The van der Waals surface area contributed by atoms with Crippen molar-refractivity contribution in [1.29, 1.82) is 0 Å². The Morgan fingerprint density at radius 3 is 2.47 bits per heavy atom. The molecule has 1 aromatic rings. The largest absolute Gasteiger partial charge is 1.00 e. The van der Waals surface area contributed by atoms with E-state index in [4.69, 9.17) is 0 Å². The smallest absolute Gasteiger partial charge is 1.00 e. The molecule has 2 nitrogen and oxygen atoms in total. The number of rotatable bonds is 2. The maximum atomic E-state index is 3.66. The first-order valence-corrected chi connectivity index (χ1v) is 6.98. The van der Waals surface area contributed by atoms with E-state index in [0.717, 1.165) is 13.1 Å². The van der Waals surface area contributed by atoms with Crippen molar-refractivity contribution >= 4 is 0 Å². The monoisotopic (exact) mass is 254 g/mol. The topological polar surface area (TPSA) is 15.3 Å². The van der Waals surface area contributed by atoms with E-state index in [1.54, 1.807) is 0 Å². The molecule has 2 atom stereocenters. The van der Waals surface area contributed by atoms with Crippen LogP contribution in [0.3, 0.4) is 0 Å². The van der Waals surface area contributed by atoms with Crippen molar-refractivity contribution in [2.24, 2.45) is 5.41 Å². The van der Waals surface area contributed by atoms with E-state index in [-0.39, 0.29) is 20.3 Å². The van der Waals surface area contributed by atoms with Crippen molar-refractivity contribution < 1.29 is 20.3 Å². The average Bonchev–Trinajstić information content (AvgIpc) is 2.31. The zero-order valence-corrected chi connectivity index (χ0v) is 13.1. The Morgan fingerprint density at radius 1 is 1.26 bits per heavy atom. The van der Waals surface area contributed by atoms with Gasteiger partial charge < -0.3 is 6.74 Å². The summed E-state index contributed by atoms with van der Waals surface area (Å²) in [6, 6.07) is 11.9. The molecule has 0 saturated carbocycles. The summed E-state index contributed by atoms with van der Waals surface area (Å²) < 4.78 is 0. The minimum Gasteiger partial charge on any atom is -1.00 e. The number of hydrogen-bond acceptors (Lipinski definition) is 2. The van der Waals surface area contributed by atoms with Crippen LogP contribution in [-0.4, -0.2) is 30.6 Å². The van der Waals surface area contributed by atoms with Gasteiger partial charge >= 0.3 is 18.9 Å². The number of hydrogen-bond donors (Lipinski definition) is 1. The SMILES string of the molecule is C[C@@H]1CN[C@@H](c2ccccc2)CN1CC(C)(C)C.[H-].[Li+]. The third-order valence-corrected chi connectivity index (χ3v) is 3.58. The first-order chi connectivity index (χ1) is 8.46. The molecule has 1 saturated heterocycles. The maximum Gasteiger partial charge on any atom is 1.00 e. The van der Waals surface area contributed by atoms with E-state index in [1.165, 1.54) is 12.1 Å². The van der Waals surface area contributed by atoms with Crippen molar-refractivity contribution in [1.82, 2.24) is 10.2 Å². The van der Waals surface area contributed by atoms with Crippen LogP contribution >= 0.6 is 0 Å². The standard InChI is InChI=1S/C16H26N2.Li.H/c1-13-10-17-15(14-8-6-5-7-9-14)11-18(13)12-16(2,3)4;;/h5-9,13,15,17H,10-12H2,1-4H3;;/q;+1;-1/t13-,15-;;/m1../s1. The summed E-state index contributed by atoms with van der Waals surface area (Å²) >= 11 is 0. The third kappa shape index (κ3) is 4.97. The first-order valence-electron chi connectivity index (χ1n) is 6.98. The molecule has 0 bridgehead atoms. The summed E-state index contributed by atoms with van der Waals surface area (Å²) in [7, 11) is 0. The third-order valence-electron chi connectivity index (χ3n) is 3.58. The summed E-state index contributed by atoms with van der Waals surface area (Å²) in [5.41, 5.74) is 1.77. The second-order valence-corrected chi connectivity index (χ2v) is 6.71. The zero-order valence-electron chi connectivity index (χ0n) is 14.1. The van der Waals surface area contributed by atoms with Gasteiger partial charge in [-0.2, -0.15) is 0 Å². The Labute approximate surface area is 131 Å². The van der Waals surface area contributed by atoms with Crippen LogP contribution in [0.4, 0.5) is 0 Å². The predicted octanol–water partition coefficient (Wildman–Crippen LogP) is 0.184. The fraction of sp³-hybridized carbons (Fsp3) is 0.625. The quantitative estimate of drug-likeness (QED) is 0.758. The number of nitrogens with one attached hydrogen (secondary N) is 1. The fourth-order valence-corrected chi connectivity index (χ4v) is 2.66. The first kappa shape index (κ1) is 16.8. The van der Waals surface area contributed by atoms with Crippen LogP contribution in [0.2, 0.25) is 0 Å². The van der Waals surface area contributed by atoms with Gasteiger partial charge in [-0.05, 0) is 17.9 Å². The van der Waals surface area contributed by atoms with Crippen LogP contribution in [0.25, 0.3) is 0 Å². The molecule has 19 heavy (non-hydrogen) atoms. The van der Waals surface area contributed by atoms with Gasteiger partial charge in [0, 0.05) is 31.7 Å². The van der Waals surface area contributed by atoms with E-state index in [1.807, 2.05) is 0 Å². The van der Waals surface area contributed by atoms with E-state index in [0.29, 0.717) is 17.5 Å². The summed E-state index contributed by atoms with van der Waals surface area (Å²) in [6.45, 7) is 12.6. The van der Waals surface area contributed by atoms with Gasteiger partial charge in [-0.3, -0.25) is 4.90 Å². The van der Waals surface area contributed by atoms with Crippen molar-refractivity contribution in [3.8, 4) is 0 Å². The molecular weight excluding hydrogens is 227 g/mol. The van der Waals surface area contributed by atoms with Crippen LogP contribution < -0.4 is 24.2 Å². The average molecular weight is 254 g/mol.